The Kier molecular flexibility index (Phi) is 5.10. The number of hydrogen-bond acceptors (Lipinski definition) is 7. The SMILES string of the molecule is COc1ccccc1OC(=O)Cc1csc(NC(=O)c2ccco2)n1. The number of carbonyl (C=O) groups is 2. The minimum atomic E-state index is -0.473. The van der Waals surface area contributed by atoms with Crippen molar-refractivity contribution in [1.29, 1.82) is 0 Å². The maximum Gasteiger partial charge on any atom is 0.317 e. The average Bonchev–Trinajstić information content (AvgIpc) is 3.27. The number of nitrogens with one attached hydrogen (secondary N) is 1. The Balaban J connectivity index is 1.59. The number of anilines is 1. The van der Waals surface area contributed by atoms with Crippen LogP contribution in [-0.4, -0.2) is 24.0 Å². The van der Waals surface area contributed by atoms with Gasteiger partial charge in [-0.3, -0.25) is 14.9 Å². The number of amides is 1. The second-order valence-electron chi connectivity index (χ2n) is 4.88. The number of nitrogens with zero attached hydrogens (tertiary/aromatic N) is 1. The standard InChI is InChI=1S/C17H14N2O5S/c1-22-12-5-2-3-6-13(12)24-15(20)9-11-10-25-17(18-11)19-16(21)14-7-4-8-23-14/h2-8,10H,9H2,1H3,(H,18,19,21). The van der Waals surface area contributed by atoms with Crippen molar-refractivity contribution in [2.45, 2.75) is 6.42 Å². The summed E-state index contributed by atoms with van der Waals surface area (Å²) in [6.45, 7) is 0. The Morgan fingerprint density at radius 3 is 2.72 bits per heavy atom. The van der Waals surface area contributed by atoms with Crippen LogP contribution in [0.1, 0.15) is 16.2 Å². The van der Waals surface area contributed by atoms with E-state index in [1.165, 1.54) is 24.7 Å². The van der Waals surface area contributed by atoms with Crippen molar-refractivity contribution in [1.82, 2.24) is 4.98 Å². The molecule has 25 heavy (non-hydrogen) atoms. The Hall–Kier alpha value is -3.13. The molecule has 1 amide bonds. The number of ether oxygens (including phenoxy) is 2. The highest BCUT2D eigenvalue weighted by Gasteiger charge is 2.15. The van der Waals surface area contributed by atoms with Gasteiger partial charge in [0.2, 0.25) is 0 Å². The van der Waals surface area contributed by atoms with Crippen LogP contribution in [0, 0.1) is 0 Å². The second kappa shape index (κ2) is 7.63. The first-order chi connectivity index (χ1) is 12.2. The van der Waals surface area contributed by atoms with Gasteiger partial charge >= 0.3 is 5.97 Å². The van der Waals surface area contributed by atoms with Crippen LogP contribution in [0.15, 0.2) is 52.5 Å². The first kappa shape index (κ1) is 16.7. The molecule has 128 valence electrons. The molecule has 0 unspecified atom stereocenters. The van der Waals surface area contributed by atoms with E-state index >= 15 is 0 Å². The van der Waals surface area contributed by atoms with E-state index in [1.807, 2.05) is 0 Å². The topological polar surface area (TPSA) is 90.7 Å². The van der Waals surface area contributed by atoms with E-state index in [-0.39, 0.29) is 12.2 Å². The Morgan fingerprint density at radius 1 is 1.20 bits per heavy atom. The van der Waals surface area contributed by atoms with E-state index in [9.17, 15) is 9.59 Å². The molecular formula is C17H14N2O5S. The zero-order valence-electron chi connectivity index (χ0n) is 13.2. The number of benzene rings is 1. The average molecular weight is 358 g/mol. The minimum Gasteiger partial charge on any atom is -0.493 e. The molecule has 0 radical (unpaired) electrons. The lowest BCUT2D eigenvalue weighted by molar-refractivity contribution is -0.133. The molecular weight excluding hydrogens is 344 g/mol. The summed E-state index contributed by atoms with van der Waals surface area (Å²) in [5.74, 6) is 0.130. The summed E-state index contributed by atoms with van der Waals surface area (Å²) >= 11 is 1.21. The lowest BCUT2D eigenvalue weighted by Crippen LogP contribution is -2.13. The van der Waals surface area contributed by atoms with Crippen LogP contribution >= 0.6 is 11.3 Å². The number of methoxy groups -OCH3 is 1. The molecule has 0 aliphatic carbocycles. The van der Waals surface area contributed by atoms with Gasteiger partial charge in [0.25, 0.3) is 5.91 Å². The van der Waals surface area contributed by atoms with Crippen molar-refractivity contribution in [3.8, 4) is 11.5 Å². The number of thiazole rings is 1. The molecule has 0 aliphatic rings. The van der Waals surface area contributed by atoms with Crippen LogP contribution < -0.4 is 14.8 Å². The van der Waals surface area contributed by atoms with Crippen molar-refractivity contribution in [2.75, 3.05) is 12.4 Å². The van der Waals surface area contributed by atoms with E-state index in [4.69, 9.17) is 13.9 Å². The molecule has 2 heterocycles. The van der Waals surface area contributed by atoms with Crippen molar-refractivity contribution in [3.63, 3.8) is 0 Å². The molecule has 0 bridgehead atoms. The highest BCUT2D eigenvalue weighted by Crippen LogP contribution is 2.26. The van der Waals surface area contributed by atoms with Crippen molar-refractivity contribution < 1.29 is 23.5 Å². The van der Waals surface area contributed by atoms with Crippen LogP contribution in [-0.2, 0) is 11.2 Å². The van der Waals surface area contributed by atoms with Crippen LogP contribution in [0.25, 0.3) is 0 Å². The molecule has 0 aliphatic heterocycles. The van der Waals surface area contributed by atoms with Crippen LogP contribution in [0.2, 0.25) is 0 Å². The largest absolute Gasteiger partial charge is 0.493 e. The van der Waals surface area contributed by atoms with E-state index in [0.29, 0.717) is 22.3 Å². The van der Waals surface area contributed by atoms with Crippen LogP contribution in [0.3, 0.4) is 0 Å². The van der Waals surface area contributed by atoms with Gasteiger partial charge < -0.3 is 13.9 Å². The molecule has 0 saturated carbocycles. The predicted molar refractivity (Wildman–Crippen MR) is 91.1 cm³/mol. The lowest BCUT2D eigenvalue weighted by Gasteiger charge is -2.07. The first-order valence-electron chi connectivity index (χ1n) is 7.28. The number of aromatic nitrogens is 1. The number of hydrogen-bond donors (Lipinski definition) is 1. The summed E-state index contributed by atoms with van der Waals surface area (Å²) in [6, 6.07) is 10.0. The number of furan rings is 1. The molecule has 8 heteroatoms. The summed E-state index contributed by atoms with van der Waals surface area (Å²) in [7, 11) is 1.50. The van der Waals surface area contributed by atoms with E-state index in [1.54, 1.807) is 41.8 Å². The fraction of sp³-hybridized carbons (Fsp3) is 0.118. The quantitative estimate of drug-likeness (QED) is 0.538. The summed E-state index contributed by atoms with van der Waals surface area (Å²) in [4.78, 5) is 28.1. The molecule has 0 fully saturated rings. The van der Waals surface area contributed by atoms with Gasteiger partial charge in [-0.05, 0) is 24.3 Å². The maximum absolute atomic E-state index is 12.1. The summed E-state index contributed by atoms with van der Waals surface area (Å²) in [6.07, 6.45) is 1.39. The van der Waals surface area contributed by atoms with Crippen molar-refractivity contribution in [3.05, 3.63) is 59.5 Å². The Morgan fingerprint density at radius 2 is 2.00 bits per heavy atom. The number of esters is 1. The monoisotopic (exact) mass is 358 g/mol. The van der Waals surface area contributed by atoms with Gasteiger partial charge in [-0.15, -0.1) is 11.3 Å². The molecule has 7 nitrogen and oxygen atoms in total. The molecule has 0 spiro atoms. The Labute approximate surface area is 147 Å². The smallest absolute Gasteiger partial charge is 0.317 e. The Bertz CT molecular complexity index is 873. The fourth-order valence-electron chi connectivity index (χ4n) is 2.02. The number of para-hydroxylation sites is 2. The van der Waals surface area contributed by atoms with E-state index < -0.39 is 11.9 Å². The molecule has 3 rings (SSSR count). The summed E-state index contributed by atoms with van der Waals surface area (Å²) < 4.78 is 15.4. The van der Waals surface area contributed by atoms with Crippen LogP contribution in [0.5, 0.6) is 11.5 Å². The number of rotatable bonds is 6. The first-order valence-corrected chi connectivity index (χ1v) is 8.16. The predicted octanol–water partition coefficient (Wildman–Crippen LogP) is 3.15. The molecule has 0 saturated heterocycles. The molecule has 0 atom stereocenters. The molecule has 2 aromatic heterocycles. The third-order valence-corrected chi connectivity index (χ3v) is 3.94. The highest BCUT2D eigenvalue weighted by molar-refractivity contribution is 7.14. The van der Waals surface area contributed by atoms with E-state index in [2.05, 4.69) is 10.3 Å². The molecule has 1 aromatic carbocycles. The van der Waals surface area contributed by atoms with Gasteiger partial charge in [0.15, 0.2) is 22.4 Å². The van der Waals surface area contributed by atoms with Gasteiger partial charge in [-0.1, -0.05) is 12.1 Å². The zero-order chi connectivity index (χ0) is 17.6. The third kappa shape index (κ3) is 4.24. The van der Waals surface area contributed by atoms with Gasteiger partial charge in [0.05, 0.1) is 25.5 Å². The lowest BCUT2D eigenvalue weighted by atomic mass is 10.3. The maximum atomic E-state index is 12.1. The van der Waals surface area contributed by atoms with Gasteiger partial charge in [0.1, 0.15) is 0 Å². The second-order valence-corrected chi connectivity index (χ2v) is 5.74. The van der Waals surface area contributed by atoms with Crippen molar-refractivity contribution >= 4 is 28.3 Å². The summed E-state index contributed by atoms with van der Waals surface area (Å²) in [5.41, 5.74) is 0.500. The van der Waals surface area contributed by atoms with Gasteiger partial charge in [-0.2, -0.15) is 0 Å². The normalized spacial score (nSPS) is 10.3. The fourth-order valence-corrected chi connectivity index (χ4v) is 2.73. The molecule has 3 aromatic rings. The van der Waals surface area contributed by atoms with Crippen LogP contribution in [0.4, 0.5) is 5.13 Å². The van der Waals surface area contributed by atoms with Gasteiger partial charge in [-0.25, -0.2) is 4.98 Å². The van der Waals surface area contributed by atoms with E-state index in [0.717, 1.165) is 0 Å². The zero-order valence-corrected chi connectivity index (χ0v) is 14.0. The van der Waals surface area contributed by atoms with Gasteiger partial charge in [0, 0.05) is 5.38 Å². The number of carbonyl (C=O) groups excluding carboxylic acids is 2. The van der Waals surface area contributed by atoms with Crippen molar-refractivity contribution in [2.24, 2.45) is 0 Å². The third-order valence-electron chi connectivity index (χ3n) is 3.14. The minimum absolute atomic E-state index is 0.0226. The highest BCUT2D eigenvalue weighted by atomic mass is 32.1. The molecule has 1 N–H and O–H groups in total. The summed E-state index contributed by atoms with van der Waals surface area (Å²) in [5, 5.41) is 4.67.